The van der Waals surface area contributed by atoms with Crippen LogP contribution in [-0.4, -0.2) is 48.0 Å². The van der Waals surface area contributed by atoms with Gasteiger partial charge in [-0.25, -0.2) is 4.98 Å². The molecular formula is C12H12FN5O3. The molecule has 21 heavy (non-hydrogen) atoms. The van der Waals surface area contributed by atoms with Gasteiger partial charge < -0.3 is 20.7 Å². The van der Waals surface area contributed by atoms with Crippen LogP contribution in [0.4, 0.5) is 10.2 Å². The van der Waals surface area contributed by atoms with Gasteiger partial charge in [0.25, 0.3) is 0 Å². The van der Waals surface area contributed by atoms with Gasteiger partial charge in [-0.2, -0.15) is 14.4 Å². The molecule has 110 valence electrons. The molecule has 0 bridgehead atoms. The fraction of sp³-hybridized carbons (Fsp3) is 0.417. The Morgan fingerprint density at radius 2 is 2.38 bits per heavy atom. The number of nitrogens with zero attached hydrogens (tertiary/aromatic N) is 4. The van der Waals surface area contributed by atoms with Crippen molar-refractivity contribution < 1.29 is 19.3 Å². The third kappa shape index (κ3) is 1.92. The van der Waals surface area contributed by atoms with Crippen molar-refractivity contribution in [1.82, 2.24) is 19.5 Å². The number of nitrogen functional groups attached to an aromatic ring is 1. The molecule has 0 amide bonds. The van der Waals surface area contributed by atoms with E-state index in [4.69, 9.17) is 16.9 Å². The summed E-state index contributed by atoms with van der Waals surface area (Å²) in [4.78, 5) is 11.0. The zero-order valence-corrected chi connectivity index (χ0v) is 10.8. The molecule has 2 aromatic rings. The number of fused-ring (bicyclic) bond motifs is 1. The smallest absolute Gasteiger partial charge is 0.312 e. The number of aliphatic hydroxyl groups excluding tert-OH is 2. The number of imidazole rings is 1. The van der Waals surface area contributed by atoms with Gasteiger partial charge in [-0.3, -0.25) is 4.57 Å². The van der Waals surface area contributed by atoms with Crippen LogP contribution in [0.2, 0.25) is 0 Å². The molecule has 8 nitrogen and oxygen atoms in total. The Kier molecular flexibility index (Phi) is 3.02. The second-order valence-corrected chi connectivity index (χ2v) is 4.72. The second-order valence-electron chi connectivity index (χ2n) is 4.72. The van der Waals surface area contributed by atoms with Gasteiger partial charge in [0.15, 0.2) is 22.6 Å². The summed E-state index contributed by atoms with van der Waals surface area (Å²) in [6.45, 7) is -0.542. The van der Waals surface area contributed by atoms with Crippen LogP contribution in [-0.2, 0) is 4.74 Å². The minimum absolute atomic E-state index is 0.0971. The molecule has 1 aliphatic rings. The highest BCUT2D eigenvalue weighted by Crippen LogP contribution is 2.37. The molecular weight excluding hydrogens is 281 g/mol. The van der Waals surface area contributed by atoms with Crippen molar-refractivity contribution in [2.24, 2.45) is 0 Å². The van der Waals surface area contributed by atoms with Crippen LogP contribution in [0.25, 0.3) is 11.2 Å². The Morgan fingerprint density at radius 3 is 3.00 bits per heavy atom. The van der Waals surface area contributed by atoms with Crippen molar-refractivity contribution >= 4 is 17.0 Å². The van der Waals surface area contributed by atoms with Crippen molar-refractivity contribution in [3.8, 4) is 12.3 Å². The van der Waals surface area contributed by atoms with E-state index in [1.54, 1.807) is 0 Å². The molecule has 2 aromatic heterocycles. The average Bonchev–Trinajstić information content (AvgIpc) is 3.00. The monoisotopic (exact) mass is 293 g/mol. The largest absolute Gasteiger partial charge is 0.392 e. The van der Waals surface area contributed by atoms with Crippen LogP contribution in [0.15, 0.2) is 6.33 Å². The molecule has 0 spiro atoms. The lowest BCUT2D eigenvalue weighted by Crippen LogP contribution is -2.41. The Bertz CT molecular complexity index is 742. The Hall–Kier alpha value is -2.28. The summed E-state index contributed by atoms with van der Waals surface area (Å²) >= 11 is 0. The highest BCUT2D eigenvalue weighted by Gasteiger charge is 2.47. The molecule has 3 rings (SSSR count). The summed E-state index contributed by atoms with van der Waals surface area (Å²) < 4.78 is 20.2. The van der Waals surface area contributed by atoms with Crippen molar-refractivity contribution in [1.29, 1.82) is 0 Å². The van der Waals surface area contributed by atoms with Crippen LogP contribution in [0.3, 0.4) is 0 Å². The van der Waals surface area contributed by atoms with Crippen molar-refractivity contribution in [2.45, 2.75) is 24.4 Å². The van der Waals surface area contributed by atoms with E-state index >= 15 is 0 Å². The number of ether oxygens (including phenoxy) is 1. The van der Waals surface area contributed by atoms with Crippen LogP contribution >= 0.6 is 0 Å². The molecule has 1 aliphatic heterocycles. The summed E-state index contributed by atoms with van der Waals surface area (Å²) in [6.07, 6.45) is 3.95. The SMILES string of the molecule is C#C[C@@]1(CO)O[C@@H](n2cnc3c(N)nc(F)nc32)C[C@H]1O. The quantitative estimate of drug-likeness (QED) is 0.489. The van der Waals surface area contributed by atoms with Gasteiger partial charge >= 0.3 is 6.08 Å². The number of hydrogen-bond donors (Lipinski definition) is 3. The Labute approximate surface area is 118 Å². The van der Waals surface area contributed by atoms with Gasteiger partial charge in [-0.1, -0.05) is 5.92 Å². The summed E-state index contributed by atoms with van der Waals surface area (Å²) in [6, 6.07) is 0. The maximum atomic E-state index is 13.3. The summed E-state index contributed by atoms with van der Waals surface area (Å²) in [5.41, 5.74) is 4.42. The lowest BCUT2D eigenvalue weighted by atomic mass is 9.99. The van der Waals surface area contributed by atoms with Gasteiger partial charge in [-0.15, -0.1) is 6.42 Å². The lowest BCUT2D eigenvalue weighted by Gasteiger charge is -2.23. The highest BCUT2D eigenvalue weighted by molar-refractivity contribution is 5.81. The molecule has 0 saturated carbocycles. The van der Waals surface area contributed by atoms with E-state index in [2.05, 4.69) is 20.9 Å². The molecule has 3 heterocycles. The summed E-state index contributed by atoms with van der Waals surface area (Å²) in [7, 11) is 0. The molecule has 0 radical (unpaired) electrons. The van der Waals surface area contributed by atoms with E-state index in [9.17, 15) is 14.6 Å². The lowest BCUT2D eigenvalue weighted by molar-refractivity contribution is -0.0891. The van der Waals surface area contributed by atoms with Crippen LogP contribution in [0.5, 0.6) is 0 Å². The third-order valence-electron chi connectivity index (χ3n) is 3.52. The van der Waals surface area contributed by atoms with Gasteiger partial charge in [0.05, 0.1) is 12.9 Å². The predicted molar refractivity (Wildman–Crippen MR) is 69.1 cm³/mol. The maximum Gasteiger partial charge on any atom is 0.312 e. The maximum absolute atomic E-state index is 13.3. The number of rotatable bonds is 2. The Balaban J connectivity index is 2.05. The van der Waals surface area contributed by atoms with E-state index in [-0.39, 0.29) is 23.4 Å². The van der Waals surface area contributed by atoms with Crippen LogP contribution in [0.1, 0.15) is 12.6 Å². The van der Waals surface area contributed by atoms with E-state index in [0.29, 0.717) is 0 Å². The molecule has 9 heteroatoms. The number of anilines is 1. The van der Waals surface area contributed by atoms with E-state index in [1.807, 2.05) is 0 Å². The normalized spacial score (nSPS) is 28.9. The summed E-state index contributed by atoms with van der Waals surface area (Å²) in [5.74, 6) is 2.16. The predicted octanol–water partition coefficient (Wildman–Crippen LogP) is -0.808. The third-order valence-corrected chi connectivity index (χ3v) is 3.52. The Morgan fingerprint density at radius 1 is 1.62 bits per heavy atom. The fourth-order valence-electron chi connectivity index (χ4n) is 2.36. The van der Waals surface area contributed by atoms with Gasteiger partial charge in [0.1, 0.15) is 12.3 Å². The first-order valence-electron chi connectivity index (χ1n) is 6.11. The fourth-order valence-corrected chi connectivity index (χ4v) is 2.36. The van der Waals surface area contributed by atoms with Crippen LogP contribution < -0.4 is 5.73 Å². The average molecular weight is 293 g/mol. The van der Waals surface area contributed by atoms with E-state index < -0.39 is 30.6 Å². The molecule has 4 N–H and O–H groups in total. The highest BCUT2D eigenvalue weighted by atomic mass is 19.1. The summed E-state index contributed by atoms with van der Waals surface area (Å²) in [5, 5.41) is 19.3. The molecule has 0 unspecified atom stereocenters. The standard InChI is InChI=1S/C12H12FN5O3/c1-2-12(4-19)6(20)3-7(21-12)18-5-15-8-9(14)16-11(13)17-10(8)18/h1,5-7,19-20H,3-4H2,(H2,14,16,17)/t6-,7-,12+/m1/s1. The first kappa shape index (κ1) is 13.7. The number of aromatic nitrogens is 4. The number of terminal acetylenes is 1. The number of nitrogens with two attached hydrogens (primary N) is 1. The zero-order chi connectivity index (χ0) is 15.2. The minimum atomic E-state index is -1.50. The molecule has 1 saturated heterocycles. The number of aliphatic hydroxyl groups is 2. The zero-order valence-electron chi connectivity index (χ0n) is 10.8. The molecule has 1 fully saturated rings. The van der Waals surface area contributed by atoms with Gasteiger partial charge in [-0.05, 0) is 0 Å². The van der Waals surface area contributed by atoms with Crippen LogP contribution in [0, 0.1) is 18.4 Å². The van der Waals surface area contributed by atoms with E-state index in [0.717, 1.165) is 0 Å². The van der Waals surface area contributed by atoms with Gasteiger partial charge in [0, 0.05) is 6.42 Å². The van der Waals surface area contributed by atoms with E-state index in [1.165, 1.54) is 10.9 Å². The minimum Gasteiger partial charge on any atom is -0.392 e. The first-order chi connectivity index (χ1) is 10.0. The van der Waals surface area contributed by atoms with Crippen molar-refractivity contribution in [2.75, 3.05) is 12.3 Å². The topological polar surface area (TPSA) is 119 Å². The van der Waals surface area contributed by atoms with Gasteiger partial charge in [0.2, 0.25) is 0 Å². The molecule has 3 atom stereocenters. The molecule has 0 aromatic carbocycles. The number of halogens is 1. The van der Waals surface area contributed by atoms with Crippen molar-refractivity contribution in [3.05, 3.63) is 12.4 Å². The first-order valence-corrected chi connectivity index (χ1v) is 6.11. The second kappa shape index (κ2) is 4.63. The number of hydrogen-bond acceptors (Lipinski definition) is 7. The molecule has 0 aliphatic carbocycles. The van der Waals surface area contributed by atoms with Crippen molar-refractivity contribution in [3.63, 3.8) is 0 Å².